The van der Waals surface area contributed by atoms with Gasteiger partial charge in [-0.3, -0.25) is 9.48 Å². The van der Waals surface area contributed by atoms with Crippen LogP contribution in [-0.4, -0.2) is 49.7 Å². The van der Waals surface area contributed by atoms with Crippen molar-refractivity contribution in [2.45, 2.75) is 32.8 Å². The number of aromatic nitrogens is 4. The second-order valence-electron chi connectivity index (χ2n) is 5.99. The summed E-state index contributed by atoms with van der Waals surface area (Å²) in [4.78, 5) is 23.0. The van der Waals surface area contributed by atoms with Crippen LogP contribution in [0.1, 0.15) is 34.6 Å². The molecule has 24 heavy (non-hydrogen) atoms. The summed E-state index contributed by atoms with van der Waals surface area (Å²) < 4.78 is 8.38. The quantitative estimate of drug-likeness (QED) is 0.799. The number of nitrogens with zero attached hydrogens (tertiary/aromatic N) is 5. The lowest BCUT2D eigenvalue weighted by molar-refractivity contribution is 0.0514. The average molecular weight is 394 g/mol. The van der Waals surface area contributed by atoms with Gasteiger partial charge in [0.05, 0.1) is 22.3 Å². The summed E-state index contributed by atoms with van der Waals surface area (Å²) in [6.07, 6.45) is 4.98. The Morgan fingerprint density at radius 1 is 1.33 bits per heavy atom. The zero-order valence-corrected chi connectivity index (χ0v) is 15.6. The highest BCUT2D eigenvalue weighted by atomic mass is 79.9. The Labute approximate surface area is 149 Å². The molecule has 1 unspecified atom stereocenters. The smallest absolute Gasteiger partial charge is 0.316 e. The Bertz CT molecular complexity index is 744. The van der Waals surface area contributed by atoms with E-state index in [-0.39, 0.29) is 12.0 Å². The molecular formula is C16H20BrN5O2. The average Bonchev–Trinajstić information content (AvgIpc) is 2.82. The van der Waals surface area contributed by atoms with E-state index in [9.17, 15) is 4.79 Å². The molecule has 3 rings (SSSR count). The predicted molar refractivity (Wildman–Crippen MR) is 92.0 cm³/mol. The Balaban J connectivity index is 1.71. The summed E-state index contributed by atoms with van der Waals surface area (Å²) in [6.45, 7) is 5.05. The number of hydrogen-bond donors (Lipinski definition) is 0. The maximum absolute atomic E-state index is 12.9. The number of carbonyl (C=O) groups excluding carboxylic acids is 1. The van der Waals surface area contributed by atoms with Crippen LogP contribution in [0.2, 0.25) is 0 Å². The lowest BCUT2D eigenvalue weighted by Crippen LogP contribution is -2.44. The SMILES string of the molecule is Cc1nn(C)c(C)c1C(=O)N1CCCC(Oc2ncc(Br)cn2)C1. The summed E-state index contributed by atoms with van der Waals surface area (Å²) in [7, 11) is 1.85. The molecular weight excluding hydrogens is 374 g/mol. The van der Waals surface area contributed by atoms with Crippen LogP contribution in [-0.2, 0) is 7.05 Å². The van der Waals surface area contributed by atoms with Gasteiger partial charge in [0, 0.05) is 31.7 Å². The number of piperidine rings is 1. The van der Waals surface area contributed by atoms with Gasteiger partial charge in [-0.15, -0.1) is 0 Å². The maximum atomic E-state index is 12.9. The van der Waals surface area contributed by atoms with Gasteiger partial charge in [0.25, 0.3) is 5.91 Å². The van der Waals surface area contributed by atoms with E-state index in [1.807, 2.05) is 25.8 Å². The second kappa shape index (κ2) is 6.88. The number of amides is 1. The fourth-order valence-electron chi connectivity index (χ4n) is 2.97. The summed E-state index contributed by atoms with van der Waals surface area (Å²) in [6, 6.07) is 0.339. The highest BCUT2D eigenvalue weighted by Gasteiger charge is 2.29. The first-order valence-electron chi connectivity index (χ1n) is 7.89. The van der Waals surface area contributed by atoms with Crippen LogP contribution in [0, 0.1) is 13.8 Å². The standard InChI is InChI=1S/C16H20BrN5O2/c1-10-14(11(2)21(3)20-10)15(23)22-6-4-5-13(9-22)24-16-18-7-12(17)8-19-16/h7-8,13H,4-6,9H2,1-3H3. The highest BCUT2D eigenvalue weighted by molar-refractivity contribution is 9.10. The molecule has 1 amide bonds. The molecule has 1 aliphatic heterocycles. The summed E-state index contributed by atoms with van der Waals surface area (Å²) >= 11 is 3.30. The molecule has 1 aliphatic rings. The molecule has 3 heterocycles. The number of likely N-dealkylation sites (tertiary alicyclic amines) is 1. The molecule has 0 aliphatic carbocycles. The van der Waals surface area contributed by atoms with E-state index in [1.165, 1.54) is 0 Å². The van der Waals surface area contributed by atoms with Crippen LogP contribution in [0.3, 0.4) is 0 Å². The first kappa shape index (κ1) is 16.9. The lowest BCUT2D eigenvalue weighted by atomic mass is 10.1. The Kier molecular flexibility index (Phi) is 4.84. The van der Waals surface area contributed by atoms with Gasteiger partial charge in [0.2, 0.25) is 0 Å². The van der Waals surface area contributed by atoms with Crippen molar-refractivity contribution >= 4 is 21.8 Å². The fraction of sp³-hybridized carbons (Fsp3) is 0.500. The maximum Gasteiger partial charge on any atom is 0.316 e. The molecule has 1 saturated heterocycles. The molecule has 1 atom stereocenters. The minimum Gasteiger partial charge on any atom is -0.458 e. The minimum atomic E-state index is -0.0961. The number of rotatable bonds is 3. The largest absolute Gasteiger partial charge is 0.458 e. The Morgan fingerprint density at radius 3 is 2.67 bits per heavy atom. The molecule has 0 bridgehead atoms. The molecule has 2 aromatic rings. The number of aryl methyl sites for hydroxylation is 2. The minimum absolute atomic E-state index is 0.0168. The normalized spacial score (nSPS) is 17.8. The highest BCUT2D eigenvalue weighted by Crippen LogP contribution is 2.21. The molecule has 2 aromatic heterocycles. The van der Waals surface area contributed by atoms with Crippen LogP contribution >= 0.6 is 15.9 Å². The van der Waals surface area contributed by atoms with E-state index in [2.05, 4.69) is 31.0 Å². The van der Waals surface area contributed by atoms with Gasteiger partial charge in [0.15, 0.2) is 0 Å². The molecule has 8 heteroatoms. The number of hydrogen-bond acceptors (Lipinski definition) is 5. The molecule has 0 aromatic carbocycles. The van der Waals surface area contributed by atoms with Crippen LogP contribution in [0.15, 0.2) is 16.9 Å². The van der Waals surface area contributed by atoms with Crippen molar-refractivity contribution in [2.24, 2.45) is 7.05 Å². The van der Waals surface area contributed by atoms with Crippen LogP contribution in [0.4, 0.5) is 0 Å². The zero-order chi connectivity index (χ0) is 17.3. The number of ether oxygens (including phenoxy) is 1. The number of halogens is 1. The molecule has 0 radical (unpaired) electrons. The van der Waals surface area contributed by atoms with Crippen molar-refractivity contribution in [1.29, 1.82) is 0 Å². The van der Waals surface area contributed by atoms with Crippen molar-refractivity contribution in [2.75, 3.05) is 13.1 Å². The molecule has 128 valence electrons. The van der Waals surface area contributed by atoms with Gasteiger partial charge in [-0.1, -0.05) is 0 Å². The van der Waals surface area contributed by atoms with Gasteiger partial charge in [-0.25, -0.2) is 9.97 Å². The van der Waals surface area contributed by atoms with Gasteiger partial charge >= 0.3 is 6.01 Å². The summed E-state index contributed by atoms with van der Waals surface area (Å²) in [5.41, 5.74) is 2.34. The third kappa shape index (κ3) is 3.43. The van der Waals surface area contributed by atoms with Crippen LogP contribution in [0.5, 0.6) is 6.01 Å². The Hall–Kier alpha value is -1.96. The number of carbonyl (C=O) groups is 1. The molecule has 0 N–H and O–H groups in total. The second-order valence-corrected chi connectivity index (χ2v) is 6.90. The molecule has 1 fully saturated rings. The van der Waals surface area contributed by atoms with Gasteiger partial charge in [0.1, 0.15) is 6.10 Å². The van der Waals surface area contributed by atoms with Crippen LogP contribution in [0.25, 0.3) is 0 Å². The van der Waals surface area contributed by atoms with Crippen molar-refractivity contribution in [3.63, 3.8) is 0 Å². The van der Waals surface area contributed by atoms with Gasteiger partial charge in [-0.05, 0) is 42.6 Å². The van der Waals surface area contributed by atoms with E-state index >= 15 is 0 Å². The van der Waals surface area contributed by atoms with E-state index in [4.69, 9.17) is 4.74 Å². The molecule has 0 saturated carbocycles. The molecule has 0 spiro atoms. The van der Waals surface area contributed by atoms with E-state index in [0.717, 1.165) is 35.2 Å². The zero-order valence-electron chi connectivity index (χ0n) is 14.0. The van der Waals surface area contributed by atoms with Crippen LogP contribution < -0.4 is 4.74 Å². The van der Waals surface area contributed by atoms with Gasteiger partial charge < -0.3 is 9.64 Å². The first-order chi connectivity index (χ1) is 11.5. The van der Waals surface area contributed by atoms with E-state index < -0.39 is 0 Å². The van der Waals surface area contributed by atoms with Crippen molar-refractivity contribution in [3.8, 4) is 6.01 Å². The predicted octanol–water partition coefficient (Wildman–Crippen LogP) is 2.27. The van der Waals surface area contributed by atoms with E-state index in [1.54, 1.807) is 17.1 Å². The fourth-order valence-corrected chi connectivity index (χ4v) is 3.18. The summed E-state index contributed by atoms with van der Waals surface area (Å²) in [5, 5.41) is 4.33. The third-order valence-electron chi connectivity index (χ3n) is 4.26. The Morgan fingerprint density at radius 2 is 2.04 bits per heavy atom. The lowest BCUT2D eigenvalue weighted by Gasteiger charge is -2.32. The molecule has 7 nitrogen and oxygen atoms in total. The third-order valence-corrected chi connectivity index (χ3v) is 4.67. The topological polar surface area (TPSA) is 73.1 Å². The monoisotopic (exact) mass is 393 g/mol. The van der Waals surface area contributed by atoms with Crippen molar-refractivity contribution in [3.05, 3.63) is 33.8 Å². The van der Waals surface area contributed by atoms with Gasteiger partial charge in [-0.2, -0.15) is 5.10 Å². The van der Waals surface area contributed by atoms with E-state index in [0.29, 0.717) is 18.1 Å². The summed E-state index contributed by atoms with van der Waals surface area (Å²) in [5.74, 6) is 0.0168. The van der Waals surface area contributed by atoms with Crippen molar-refractivity contribution in [1.82, 2.24) is 24.6 Å². The first-order valence-corrected chi connectivity index (χ1v) is 8.68. The van der Waals surface area contributed by atoms with Crippen molar-refractivity contribution < 1.29 is 9.53 Å².